The van der Waals surface area contributed by atoms with Crippen LogP contribution in [0.25, 0.3) is 0 Å². The summed E-state index contributed by atoms with van der Waals surface area (Å²) in [7, 11) is 1.90. The smallest absolute Gasteiger partial charge is 0.317 e. The van der Waals surface area contributed by atoms with Gasteiger partial charge in [-0.1, -0.05) is 29.8 Å². The van der Waals surface area contributed by atoms with E-state index in [1.165, 1.54) is 24.0 Å². The summed E-state index contributed by atoms with van der Waals surface area (Å²) in [5.74, 6) is 2.67. The molecule has 0 saturated heterocycles. The van der Waals surface area contributed by atoms with E-state index in [9.17, 15) is 4.79 Å². The van der Waals surface area contributed by atoms with Gasteiger partial charge in [-0.2, -0.15) is 11.8 Å². The summed E-state index contributed by atoms with van der Waals surface area (Å²) in [5, 5.41) is 3.01. The van der Waals surface area contributed by atoms with E-state index in [0.29, 0.717) is 6.04 Å². The Bertz CT molecular complexity index is 456. The minimum Gasteiger partial charge on any atom is -0.337 e. The maximum atomic E-state index is 12.0. The SMILES string of the molecule is Cc1ccc(CSCCNC(=O)N(C)C(C)C2CC2)cc1. The molecule has 1 unspecified atom stereocenters. The maximum absolute atomic E-state index is 12.0. The summed E-state index contributed by atoms with van der Waals surface area (Å²) < 4.78 is 0. The van der Waals surface area contributed by atoms with Crippen molar-refractivity contribution in [1.82, 2.24) is 10.2 Å². The molecule has 0 spiro atoms. The molecule has 116 valence electrons. The van der Waals surface area contributed by atoms with Gasteiger partial charge in [0.1, 0.15) is 0 Å². The van der Waals surface area contributed by atoms with Gasteiger partial charge in [0.05, 0.1) is 0 Å². The molecule has 21 heavy (non-hydrogen) atoms. The molecule has 1 aromatic carbocycles. The normalized spacial score (nSPS) is 15.6. The predicted octanol–water partition coefficient (Wildman–Crippen LogP) is 3.67. The van der Waals surface area contributed by atoms with Crippen molar-refractivity contribution < 1.29 is 4.79 Å². The van der Waals surface area contributed by atoms with Gasteiger partial charge in [-0.05, 0) is 38.2 Å². The summed E-state index contributed by atoms with van der Waals surface area (Å²) in [4.78, 5) is 13.8. The van der Waals surface area contributed by atoms with Crippen LogP contribution in [0.5, 0.6) is 0 Å². The molecule has 0 heterocycles. The lowest BCUT2D eigenvalue weighted by molar-refractivity contribution is 0.188. The van der Waals surface area contributed by atoms with Gasteiger partial charge >= 0.3 is 6.03 Å². The van der Waals surface area contributed by atoms with Gasteiger partial charge in [0.2, 0.25) is 0 Å². The second-order valence-electron chi connectivity index (χ2n) is 5.96. The van der Waals surface area contributed by atoms with Crippen LogP contribution in [0.3, 0.4) is 0 Å². The lowest BCUT2D eigenvalue weighted by Gasteiger charge is -2.25. The summed E-state index contributed by atoms with van der Waals surface area (Å²) in [6.07, 6.45) is 2.54. The van der Waals surface area contributed by atoms with Crippen molar-refractivity contribution in [2.24, 2.45) is 5.92 Å². The molecule has 1 saturated carbocycles. The summed E-state index contributed by atoms with van der Waals surface area (Å²) in [6.45, 7) is 4.98. The summed E-state index contributed by atoms with van der Waals surface area (Å²) >= 11 is 1.86. The molecule has 1 atom stereocenters. The van der Waals surface area contributed by atoms with E-state index in [4.69, 9.17) is 0 Å². The van der Waals surface area contributed by atoms with Crippen LogP contribution in [0.4, 0.5) is 4.79 Å². The van der Waals surface area contributed by atoms with Crippen molar-refractivity contribution in [2.75, 3.05) is 19.3 Å². The fraction of sp³-hybridized carbons (Fsp3) is 0.588. The van der Waals surface area contributed by atoms with E-state index in [2.05, 4.69) is 43.4 Å². The van der Waals surface area contributed by atoms with Crippen LogP contribution in [-0.2, 0) is 5.75 Å². The Morgan fingerprint density at radius 3 is 2.67 bits per heavy atom. The van der Waals surface area contributed by atoms with Gasteiger partial charge < -0.3 is 10.2 Å². The third-order valence-electron chi connectivity index (χ3n) is 4.15. The second kappa shape index (κ2) is 7.74. The first-order valence-corrected chi connectivity index (χ1v) is 8.87. The highest BCUT2D eigenvalue weighted by Crippen LogP contribution is 2.34. The van der Waals surface area contributed by atoms with E-state index in [0.717, 1.165) is 24.0 Å². The molecule has 2 amide bonds. The van der Waals surface area contributed by atoms with Gasteiger partial charge in [0.15, 0.2) is 0 Å². The molecule has 4 heteroatoms. The van der Waals surface area contributed by atoms with Crippen molar-refractivity contribution in [3.8, 4) is 0 Å². The Kier molecular flexibility index (Phi) is 5.97. The van der Waals surface area contributed by atoms with Gasteiger partial charge in [0, 0.05) is 31.1 Å². The molecule has 0 bridgehead atoms. The standard InChI is InChI=1S/C17H26N2OS/c1-13-4-6-15(7-5-13)12-21-11-10-18-17(20)19(3)14(2)16-8-9-16/h4-7,14,16H,8-12H2,1-3H3,(H,18,20). The Labute approximate surface area is 132 Å². The largest absolute Gasteiger partial charge is 0.337 e. The van der Waals surface area contributed by atoms with E-state index in [1.807, 2.05) is 23.7 Å². The zero-order valence-electron chi connectivity index (χ0n) is 13.3. The molecule has 2 rings (SSSR count). The molecular formula is C17H26N2OS. The Morgan fingerprint density at radius 1 is 1.38 bits per heavy atom. The molecule has 1 fully saturated rings. The van der Waals surface area contributed by atoms with Crippen molar-refractivity contribution in [3.05, 3.63) is 35.4 Å². The maximum Gasteiger partial charge on any atom is 0.317 e. The van der Waals surface area contributed by atoms with Gasteiger partial charge in [-0.15, -0.1) is 0 Å². The number of hydrogen-bond donors (Lipinski definition) is 1. The summed E-state index contributed by atoms with van der Waals surface area (Å²) in [6, 6.07) is 9.06. The zero-order valence-corrected chi connectivity index (χ0v) is 14.1. The molecule has 3 nitrogen and oxygen atoms in total. The number of hydrogen-bond acceptors (Lipinski definition) is 2. The lowest BCUT2D eigenvalue weighted by atomic mass is 10.2. The molecule has 1 N–H and O–H groups in total. The van der Waals surface area contributed by atoms with E-state index in [1.54, 1.807) is 0 Å². The van der Waals surface area contributed by atoms with E-state index < -0.39 is 0 Å². The number of carbonyl (C=O) groups is 1. The quantitative estimate of drug-likeness (QED) is 0.780. The monoisotopic (exact) mass is 306 g/mol. The van der Waals surface area contributed by atoms with Crippen LogP contribution in [0.1, 0.15) is 30.9 Å². The molecule has 1 aromatic rings. The van der Waals surface area contributed by atoms with E-state index in [-0.39, 0.29) is 6.03 Å². The van der Waals surface area contributed by atoms with Crippen molar-refractivity contribution in [3.63, 3.8) is 0 Å². The van der Waals surface area contributed by atoms with Crippen molar-refractivity contribution >= 4 is 17.8 Å². The van der Waals surface area contributed by atoms with Crippen LogP contribution in [0, 0.1) is 12.8 Å². The number of benzene rings is 1. The Hall–Kier alpha value is -1.16. The first-order valence-electron chi connectivity index (χ1n) is 7.72. The van der Waals surface area contributed by atoms with Crippen LogP contribution in [0.15, 0.2) is 24.3 Å². The highest BCUT2D eigenvalue weighted by Gasteiger charge is 2.32. The Balaban J connectivity index is 1.58. The third kappa shape index (κ3) is 5.27. The van der Waals surface area contributed by atoms with Crippen LogP contribution in [0.2, 0.25) is 0 Å². The number of amides is 2. The van der Waals surface area contributed by atoms with Crippen molar-refractivity contribution in [1.29, 1.82) is 0 Å². The van der Waals surface area contributed by atoms with Gasteiger partial charge in [-0.3, -0.25) is 0 Å². The molecule has 0 radical (unpaired) electrons. The first kappa shape index (κ1) is 16.2. The zero-order chi connectivity index (χ0) is 15.2. The van der Waals surface area contributed by atoms with Crippen molar-refractivity contribution in [2.45, 2.75) is 38.5 Å². The minimum atomic E-state index is 0.0605. The number of nitrogens with zero attached hydrogens (tertiary/aromatic N) is 1. The first-order chi connectivity index (χ1) is 10.1. The molecule has 1 aliphatic rings. The topological polar surface area (TPSA) is 32.3 Å². The highest BCUT2D eigenvalue weighted by molar-refractivity contribution is 7.98. The van der Waals surface area contributed by atoms with Crippen LogP contribution in [-0.4, -0.2) is 36.3 Å². The molecule has 0 aliphatic heterocycles. The molecule has 0 aromatic heterocycles. The average molecular weight is 306 g/mol. The number of rotatable bonds is 7. The third-order valence-corrected chi connectivity index (χ3v) is 5.18. The van der Waals surface area contributed by atoms with Crippen LogP contribution < -0.4 is 5.32 Å². The van der Waals surface area contributed by atoms with E-state index >= 15 is 0 Å². The number of thioether (sulfide) groups is 1. The highest BCUT2D eigenvalue weighted by atomic mass is 32.2. The number of carbonyl (C=O) groups excluding carboxylic acids is 1. The fourth-order valence-corrected chi connectivity index (χ4v) is 3.13. The average Bonchev–Trinajstić information content (AvgIpc) is 3.31. The lowest BCUT2D eigenvalue weighted by Crippen LogP contribution is -2.43. The fourth-order valence-electron chi connectivity index (χ4n) is 2.31. The Morgan fingerprint density at radius 2 is 2.05 bits per heavy atom. The second-order valence-corrected chi connectivity index (χ2v) is 7.06. The molecular weight excluding hydrogens is 280 g/mol. The summed E-state index contributed by atoms with van der Waals surface area (Å²) in [5.41, 5.74) is 2.64. The number of urea groups is 1. The number of aryl methyl sites for hydroxylation is 1. The number of nitrogens with one attached hydrogen (secondary N) is 1. The molecule has 1 aliphatic carbocycles. The van der Waals surface area contributed by atoms with Gasteiger partial charge in [0.25, 0.3) is 0 Å². The predicted molar refractivity (Wildman–Crippen MR) is 90.7 cm³/mol. The minimum absolute atomic E-state index is 0.0605. The van der Waals surface area contributed by atoms with Crippen LogP contribution >= 0.6 is 11.8 Å². The van der Waals surface area contributed by atoms with Gasteiger partial charge in [-0.25, -0.2) is 4.79 Å².